The first-order valence-electron chi connectivity index (χ1n) is 8.62. The maximum Gasteiger partial charge on any atom is 0.509 e. The Morgan fingerprint density at radius 1 is 1.13 bits per heavy atom. The second-order valence-electron chi connectivity index (χ2n) is 5.45. The smallest absolute Gasteiger partial charge is 0.435 e. The van der Waals surface area contributed by atoms with Crippen molar-refractivity contribution in [3.05, 3.63) is 35.9 Å². The molecule has 1 aromatic rings. The highest BCUT2D eigenvalue weighted by atomic mass is 16.7. The molecule has 0 N–H and O–H groups in total. The van der Waals surface area contributed by atoms with Crippen molar-refractivity contribution < 1.29 is 14.3 Å². The van der Waals surface area contributed by atoms with Gasteiger partial charge >= 0.3 is 6.16 Å². The van der Waals surface area contributed by atoms with Crippen LogP contribution >= 0.6 is 0 Å². The first-order chi connectivity index (χ1) is 11.3. The van der Waals surface area contributed by atoms with Crippen LogP contribution in [0.25, 0.3) is 0 Å². The highest BCUT2D eigenvalue weighted by molar-refractivity contribution is 5.60. The fraction of sp³-hybridized carbons (Fsp3) is 0.550. The molecule has 23 heavy (non-hydrogen) atoms. The lowest BCUT2D eigenvalue weighted by atomic mass is 10.1. The number of aryl methyl sites for hydroxylation is 1. The normalized spacial score (nSPS) is 11.2. The topological polar surface area (TPSA) is 35.5 Å². The van der Waals surface area contributed by atoms with Gasteiger partial charge in [0.25, 0.3) is 0 Å². The Bertz CT molecular complexity index is 485. The van der Waals surface area contributed by atoms with E-state index in [1.165, 1.54) is 24.8 Å². The molecule has 0 spiro atoms. The van der Waals surface area contributed by atoms with Crippen LogP contribution in [0.4, 0.5) is 4.79 Å². The van der Waals surface area contributed by atoms with Gasteiger partial charge in [-0.25, -0.2) is 4.79 Å². The van der Waals surface area contributed by atoms with E-state index in [-0.39, 0.29) is 0 Å². The zero-order valence-corrected chi connectivity index (χ0v) is 14.3. The fourth-order valence-electron chi connectivity index (χ4n) is 2.20. The van der Waals surface area contributed by atoms with Crippen LogP contribution < -0.4 is 0 Å². The highest BCUT2D eigenvalue weighted by Gasteiger charge is 2.12. The molecular weight excluding hydrogens is 288 g/mol. The van der Waals surface area contributed by atoms with Crippen molar-refractivity contribution in [2.24, 2.45) is 0 Å². The number of carbonyl (C=O) groups is 1. The summed E-state index contributed by atoms with van der Waals surface area (Å²) in [5.74, 6) is 6.23. The second-order valence-corrected chi connectivity index (χ2v) is 5.45. The summed E-state index contributed by atoms with van der Waals surface area (Å²) in [5.41, 5.74) is 1.22. The number of benzene rings is 1. The quantitative estimate of drug-likeness (QED) is 0.360. The van der Waals surface area contributed by atoms with Crippen LogP contribution in [0, 0.1) is 11.8 Å². The Kier molecular flexibility index (Phi) is 10.4. The van der Waals surface area contributed by atoms with Crippen LogP contribution in [0.2, 0.25) is 0 Å². The molecule has 0 aliphatic rings. The van der Waals surface area contributed by atoms with Gasteiger partial charge in [-0.3, -0.25) is 0 Å². The minimum absolute atomic E-state index is 0.314. The summed E-state index contributed by atoms with van der Waals surface area (Å²) in [6.07, 6.45) is 6.11. The number of hydrogen-bond donors (Lipinski definition) is 0. The first-order valence-corrected chi connectivity index (χ1v) is 8.62. The molecule has 126 valence electrons. The van der Waals surface area contributed by atoms with Crippen LogP contribution in [-0.4, -0.2) is 18.9 Å². The lowest BCUT2D eigenvalue weighted by molar-refractivity contribution is 0.0410. The number of hydrogen-bond acceptors (Lipinski definition) is 3. The van der Waals surface area contributed by atoms with Crippen molar-refractivity contribution in [1.82, 2.24) is 0 Å². The van der Waals surface area contributed by atoms with Gasteiger partial charge in [-0.05, 0) is 25.3 Å². The zero-order valence-electron chi connectivity index (χ0n) is 14.3. The van der Waals surface area contributed by atoms with Gasteiger partial charge in [-0.2, -0.15) is 0 Å². The average Bonchev–Trinajstić information content (AvgIpc) is 2.56. The van der Waals surface area contributed by atoms with Gasteiger partial charge in [-0.15, -0.1) is 0 Å². The largest absolute Gasteiger partial charge is 0.509 e. The monoisotopic (exact) mass is 316 g/mol. The van der Waals surface area contributed by atoms with E-state index >= 15 is 0 Å². The summed E-state index contributed by atoms with van der Waals surface area (Å²) in [7, 11) is 0. The molecule has 1 rings (SSSR count). The molecule has 3 nitrogen and oxygen atoms in total. The molecule has 1 atom stereocenters. The molecule has 0 aliphatic carbocycles. The van der Waals surface area contributed by atoms with Crippen LogP contribution in [0.15, 0.2) is 30.3 Å². The number of carbonyl (C=O) groups excluding carboxylic acids is 1. The van der Waals surface area contributed by atoms with Gasteiger partial charge in [-0.1, -0.05) is 68.4 Å². The predicted octanol–water partition coefficient (Wildman–Crippen LogP) is 5.13. The maximum absolute atomic E-state index is 11.5. The predicted molar refractivity (Wildman–Crippen MR) is 93.2 cm³/mol. The lowest BCUT2D eigenvalue weighted by Crippen LogP contribution is -2.18. The van der Waals surface area contributed by atoms with Crippen molar-refractivity contribution in [2.75, 3.05) is 6.61 Å². The molecule has 0 amide bonds. The van der Waals surface area contributed by atoms with E-state index in [0.29, 0.717) is 13.0 Å². The molecule has 3 heteroatoms. The van der Waals surface area contributed by atoms with Gasteiger partial charge in [0.15, 0.2) is 6.10 Å². The van der Waals surface area contributed by atoms with E-state index in [2.05, 4.69) is 30.9 Å². The summed E-state index contributed by atoms with van der Waals surface area (Å²) in [5, 5.41) is 0. The Labute approximate surface area is 140 Å². The molecule has 0 aliphatic heterocycles. The van der Waals surface area contributed by atoms with E-state index in [9.17, 15) is 4.79 Å². The fourth-order valence-corrected chi connectivity index (χ4v) is 2.20. The molecule has 0 radical (unpaired) electrons. The van der Waals surface area contributed by atoms with E-state index < -0.39 is 12.3 Å². The Balaban J connectivity index is 2.47. The Morgan fingerprint density at radius 3 is 2.61 bits per heavy atom. The van der Waals surface area contributed by atoms with Crippen LogP contribution in [0.5, 0.6) is 0 Å². The Morgan fingerprint density at radius 2 is 1.91 bits per heavy atom. The summed E-state index contributed by atoms with van der Waals surface area (Å²) >= 11 is 0. The lowest BCUT2D eigenvalue weighted by Gasteiger charge is -2.12. The molecule has 0 bridgehead atoms. The molecule has 0 saturated carbocycles. The number of unbranched alkanes of at least 4 members (excludes halogenated alkanes) is 4. The number of rotatable bonds is 9. The number of ether oxygens (including phenoxy) is 2. The standard InChI is InChI=1S/C20H28O3/c1-3-5-6-7-8-12-15-19(23-20(21)22-4-2)17-16-18-13-10-9-11-14-18/h9-11,13-14,19H,3-8,16-17H2,1-2H3. The zero-order chi connectivity index (χ0) is 16.8. The summed E-state index contributed by atoms with van der Waals surface area (Å²) in [4.78, 5) is 11.5. The highest BCUT2D eigenvalue weighted by Crippen LogP contribution is 2.09. The summed E-state index contributed by atoms with van der Waals surface area (Å²) in [6, 6.07) is 10.2. The van der Waals surface area contributed by atoms with Crippen molar-refractivity contribution in [1.29, 1.82) is 0 Å². The van der Waals surface area contributed by atoms with E-state index in [0.717, 1.165) is 19.3 Å². The molecule has 0 saturated heterocycles. The van der Waals surface area contributed by atoms with Crippen molar-refractivity contribution in [3.8, 4) is 11.8 Å². The van der Waals surface area contributed by atoms with E-state index in [1.807, 2.05) is 18.2 Å². The third-order valence-corrected chi connectivity index (χ3v) is 3.46. The average molecular weight is 316 g/mol. The summed E-state index contributed by atoms with van der Waals surface area (Å²) in [6.45, 7) is 4.27. The van der Waals surface area contributed by atoms with Gasteiger partial charge in [0.2, 0.25) is 0 Å². The van der Waals surface area contributed by atoms with Gasteiger partial charge in [0, 0.05) is 12.8 Å². The van der Waals surface area contributed by atoms with Crippen molar-refractivity contribution in [3.63, 3.8) is 0 Å². The van der Waals surface area contributed by atoms with Gasteiger partial charge in [0.05, 0.1) is 6.61 Å². The van der Waals surface area contributed by atoms with Crippen molar-refractivity contribution >= 4 is 6.16 Å². The SMILES string of the molecule is CCCCCCC#CC(CCc1ccccc1)OC(=O)OCC. The molecule has 0 heterocycles. The van der Waals surface area contributed by atoms with Crippen molar-refractivity contribution in [2.45, 2.75) is 64.9 Å². The summed E-state index contributed by atoms with van der Waals surface area (Å²) < 4.78 is 10.2. The maximum atomic E-state index is 11.5. The first kappa shape index (κ1) is 19.1. The molecule has 0 aromatic heterocycles. The molecule has 1 aromatic carbocycles. The second kappa shape index (κ2) is 12.6. The van der Waals surface area contributed by atoms with Crippen LogP contribution in [0.1, 0.15) is 57.9 Å². The van der Waals surface area contributed by atoms with Gasteiger partial charge in [0.1, 0.15) is 0 Å². The molecule has 0 fully saturated rings. The van der Waals surface area contributed by atoms with E-state index in [1.54, 1.807) is 6.92 Å². The minimum atomic E-state index is -0.633. The van der Waals surface area contributed by atoms with Crippen LogP contribution in [-0.2, 0) is 15.9 Å². The molecular formula is C20H28O3. The third kappa shape index (κ3) is 9.63. The molecule has 1 unspecified atom stereocenters. The Hall–Kier alpha value is -1.95. The minimum Gasteiger partial charge on any atom is -0.435 e. The third-order valence-electron chi connectivity index (χ3n) is 3.46. The van der Waals surface area contributed by atoms with E-state index in [4.69, 9.17) is 9.47 Å². The van der Waals surface area contributed by atoms with Gasteiger partial charge < -0.3 is 9.47 Å². The van der Waals surface area contributed by atoms with Crippen LogP contribution in [0.3, 0.4) is 0 Å².